The number of hydrogen-bond acceptors (Lipinski definition) is 4. The molecule has 1 aliphatic heterocycles. The number of carbonyl (C=O) groups excluding carboxylic acids is 2. The number of benzene rings is 4. The molecule has 1 atom stereocenters. The van der Waals surface area contributed by atoms with E-state index in [0.717, 1.165) is 26.8 Å². The number of carbonyl (C=O) groups is 2. The van der Waals surface area contributed by atoms with Crippen LogP contribution < -0.4 is 4.90 Å². The van der Waals surface area contributed by atoms with E-state index in [9.17, 15) is 18.0 Å². The Hall–Kier alpha value is -3.81. The molecule has 1 fully saturated rings. The molecule has 0 spiro atoms. The van der Waals surface area contributed by atoms with E-state index in [1.807, 2.05) is 73.7 Å². The highest BCUT2D eigenvalue weighted by Gasteiger charge is 2.47. The molecule has 7 heteroatoms. The van der Waals surface area contributed by atoms with E-state index in [1.165, 1.54) is 4.31 Å². The predicted octanol–water partition coefficient (Wildman–Crippen LogP) is 4.67. The fraction of sp³-hybridized carbons (Fsp3) is 0.143. The van der Waals surface area contributed by atoms with Crippen LogP contribution in [0.2, 0.25) is 0 Å². The summed E-state index contributed by atoms with van der Waals surface area (Å²) in [6.07, 6.45) is -0.216. The van der Waals surface area contributed by atoms with Crippen LogP contribution in [0.15, 0.2) is 102 Å². The lowest BCUT2D eigenvalue weighted by molar-refractivity contribution is -0.122. The number of sulfonamides is 1. The molecule has 0 N–H and O–H groups in total. The van der Waals surface area contributed by atoms with Gasteiger partial charge < -0.3 is 0 Å². The van der Waals surface area contributed by atoms with Gasteiger partial charge in [0, 0.05) is 6.54 Å². The van der Waals surface area contributed by atoms with Gasteiger partial charge in [0.15, 0.2) is 0 Å². The van der Waals surface area contributed by atoms with E-state index in [0.29, 0.717) is 5.69 Å². The van der Waals surface area contributed by atoms with Crippen molar-refractivity contribution in [1.29, 1.82) is 0 Å². The van der Waals surface area contributed by atoms with Crippen LogP contribution in [-0.4, -0.2) is 30.6 Å². The van der Waals surface area contributed by atoms with Gasteiger partial charge >= 0.3 is 0 Å². The first-order valence-electron chi connectivity index (χ1n) is 11.3. The van der Waals surface area contributed by atoms with E-state index >= 15 is 0 Å². The molecule has 6 nitrogen and oxygen atoms in total. The summed E-state index contributed by atoms with van der Waals surface area (Å²) in [7, 11) is -4.11. The van der Waals surface area contributed by atoms with Gasteiger partial charge in [0.25, 0.3) is 5.91 Å². The Morgan fingerprint density at radius 1 is 0.829 bits per heavy atom. The maximum Gasteiger partial charge on any atom is 0.252 e. The molecule has 176 valence electrons. The molecule has 2 amide bonds. The molecule has 0 aliphatic carbocycles. The standard InChI is InChI=1S/C28H24N2O4S/c1-20-11-14-24(15-12-20)30-27(31)18-26(28(30)32)29(19-21-7-3-2-4-8-21)35(33,34)25-16-13-22-9-5-6-10-23(22)17-25/h2-17,26H,18-19H2,1H3. The van der Waals surface area contributed by atoms with Crippen LogP contribution in [0.1, 0.15) is 17.5 Å². The third kappa shape index (κ3) is 4.36. The van der Waals surface area contributed by atoms with Gasteiger partial charge in [-0.05, 0) is 47.5 Å². The molecule has 1 unspecified atom stereocenters. The van der Waals surface area contributed by atoms with Crippen molar-refractivity contribution >= 4 is 38.3 Å². The Morgan fingerprint density at radius 2 is 1.49 bits per heavy atom. The first kappa shape index (κ1) is 23.0. The summed E-state index contributed by atoms with van der Waals surface area (Å²) in [4.78, 5) is 27.7. The molecule has 1 aliphatic rings. The Balaban J connectivity index is 1.57. The highest BCUT2D eigenvalue weighted by Crippen LogP contribution is 2.31. The molecule has 4 aromatic carbocycles. The van der Waals surface area contributed by atoms with Crippen molar-refractivity contribution in [2.45, 2.75) is 30.8 Å². The molecule has 35 heavy (non-hydrogen) atoms. The Kier molecular flexibility index (Phi) is 5.96. The summed E-state index contributed by atoms with van der Waals surface area (Å²) < 4.78 is 29.1. The van der Waals surface area contributed by atoms with Crippen LogP contribution in [0.4, 0.5) is 5.69 Å². The second kappa shape index (κ2) is 9.09. The number of amides is 2. The van der Waals surface area contributed by atoms with Crippen LogP contribution in [0, 0.1) is 6.92 Å². The van der Waals surface area contributed by atoms with Gasteiger partial charge in [-0.2, -0.15) is 4.31 Å². The first-order chi connectivity index (χ1) is 16.8. The number of fused-ring (bicyclic) bond motifs is 1. The number of aryl methyl sites for hydroxylation is 1. The van der Waals surface area contributed by atoms with Crippen LogP contribution in [0.3, 0.4) is 0 Å². The summed E-state index contributed by atoms with van der Waals surface area (Å²) in [5.41, 5.74) is 2.16. The molecule has 0 radical (unpaired) electrons. The SMILES string of the molecule is Cc1ccc(N2C(=O)CC(N(Cc3ccccc3)S(=O)(=O)c3ccc4ccccc4c3)C2=O)cc1. The van der Waals surface area contributed by atoms with Crippen LogP contribution >= 0.6 is 0 Å². The highest BCUT2D eigenvalue weighted by molar-refractivity contribution is 7.89. The lowest BCUT2D eigenvalue weighted by Crippen LogP contribution is -2.45. The van der Waals surface area contributed by atoms with Gasteiger partial charge in [0.1, 0.15) is 6.04 Å². The largest absolute Gasteiger partial charge is 0.274 e. The number of anilines is 1. The minimum atomic E-state index is -4.11. The maximum absolute atomic E-state index is 14.0. The number of hydrogen-bond donors (Lipinski definition) is 0. The zero-order valence-electron chi connectivity index (χ0n) is 19.2. The molecule has 0 bridgehead atoms. The molecule has 4 aromatic rings. The number of imide groups is 1. The first-order valence-corrected chi connectivity index (χ1v) is 12.8. The average molecular weight is 485 g/mol. The third-order valence-corrected chi connectivity index (χ3v) is 8.12. The molecule has 1 heterocycles. The minimum absolute atomic E-state index is 0.0264. The van der Waals surface area contributed by atoms with Crippen molar-refractivity contribution in [3.8, 4) is 0 Å². The molecule has 5 rings (SSSR count). The normalized spacial score (nSPS) is 16.4. The summed E-state index contributed by atoms with van der Waals surface area (Å²) >= 11 is 0. The molecule has 0 saturated carbocycles. The van der Waals surface area contributed by atoms with Crippen molar-refractivity contribution in [2.75, 3.05) is 4.90 Å². The van der Waals surface area contributed by atoms with Gasteiger partial charge in [0.05, 0.1) is 17.0 Å². The van der Waals surface area contributed by atoms with E-state index in [2.05, 4.69) is 0 Å². The second-order valence-electron chi connectivity index (χ2n) is 8.67. The fourth-order valence-electron chi connectivity index (χ4n) is 4.40. The number of nitrogens with zero attached hydrogens (tertiary/aromatic N) is 2. The smallest absolute Gasteiger partial charge is 0.252 e. The van der Waals surface area contributed by atoms with E-state index in [1.54, 1.807) is 30.3 Å². The minimum Gasteiger partial charge on any atom is -0.274 e. The lowest BCUT2D eigenvalue weighted by atomic mass is 10.1. The van der Waals surface area contributed by atoms with Crippen molar-refractivity contribution in [1.82, 2.24) is 4.31 Å². The summed E-state index contributed by atoms with van der Waals surface area (Å²) in [6, 6.07) is 27.4. The maximum atomic E-state index is 14.0. The Labute approximate surface area is 204 Å². The van der Waals surface area contributed by atoms with Gasteiger partial charge in [-0.3, -0.25) is 9.59 Å². The predicted molar refractivity (Wildman–Crippen MR) is 135 cm³/mol. The van der Waals surface area contributed by atoms with E-state index in [4.69, 9.17) is 0 Å². The van der Waals surface area contributed by atoms with Gasteiger partial charge in [0.2, 0.25) is 15.9 Å². The van der Waals surface area contributed by atoms with Crippen molar-refractivity contribution in [3.05, 3.63) is 108 Å². The lowest BCUT2D eigenvalue weighted by Gasteiger charge is -2.27. The number of rotatable bonds is 6. The van der Waals surface area contributed by atoms with Crippen molar-refractivity contribution in [2.24, 2.45) is 0 Å². The molecule has 0 aromatic heterocycles. The Bertz CT molecular complexity index is 1520. The summed E-state index contributed by atoms with van der Waals surface area (Å²) in [6.45, 7) is 1.89. The summed E-state index contributed by atoms with van der Waals surface area (Å²) in [5.74, 6) is -0.963. The van der Waals surface area contributed by atoms with Crippen molar-refractivity contribution < 1.29 is 18.0 Å². The van der Waals surface area contributed by atoms with Crippen molar-refractivity contribution in [3.63, 3.8) is 0 Å². The van der Waals surface area contributed by atoms with Gasteiger partial charge in [-0.15, -0.1) is 0 Å². The monoisotopic (exact) mass is 484 g/mol. The van der Waals surface area contributed by atoms with E-state index in [-0.39, 0.29) is 17.9 Å². The molecular weight excluding hydrogens is 460 g/mol. The van der Waals surface area contributed by atoms with Gasteiger partial charge in [-0.1, -0.05) is 78.4 Å². The van der Waals surface area contributed by atoms with Gasteiger partial charge in [-0.25, -0.2) is 13.3 Å². The fourth-order valence-corrected chi connectivity index (χ4v) is 6.00. The molecular formula is C28H24N2O4S. The van der Waals surface area contributed by atoms with Crippen LogP contribution in [0.25, 0.3) is 10.8 Å². The topological polar surface area (TPSA) is 74.8 Å². The second-order valence-corrected chi connectivity index (χ2v) is 10.6. The zero-order valence-corrected chi connectivity index (χ0v) is 20.0. The van der Waals surface area contributed by atoms with Crippen LogP contribution in [0.5, 0.6) is 0 Å². The average Bonchev–Trinajstić information content (AvgIpc) is 3.16. The quantitative estimate of drug-likeness (QED) is 0.373. The van der Waals surface area contributed by atoms with Crippen LogP contribution in [-0.2, 0) is 26.2 Å². The highest BCUT2D eigenvalue weighted by atomic mass is 32.2. The summed E-state index contributed by atoms with van der Waals surface area (Å²) in [5, 5.41) is 1.70. The molecule has 1 saturated heterocycles. The third-order valence-electron chi connectivity index (χ3n) is 6.27. The Morgan fingerprint density at radius 3 is 2.20 bits per heavy atom. The zero-order chi connectivity index (χ0) is 24.6. The van der Waals surface area contributed by atoms with E-state index < -0.39 is 27.9 Å².